The normalized spacial score (nSPS) is 12.6. The van der Waals surface area contributed by atoms with Gasteiger partial charge in [-0.1, -0.05) is 5.18 Å². The summed E-state index contributed by atoms with van der Waals surface area (Å²) in [7, 11) is 0. The first-order valence-corrected chi connectivity index (χ1v) is 2.91. The van der Waals surface area contributed by atoms with Gasteiger partial charge in [-0.15, -0.1) is 11.6 Å². The molecule has 0 saturated carbocycles. The number of alkyl halides is 1. The van der Waals surface area contributed by atoms with E-state index in [1.807, 2.05) is 0 Å². The number of hydrogen-bond acceptors (Lipinski definition) is 3. The molecule has 52 valence electrons. The van der Waals surface area contributed by atoms with E-state index in [0.29, 0.717) is 0 Å². The summed E-state index contributed by atoms with van der Waals surface area (Å²) in [4.78, 5) is 19.8. The van der Waals surface area contributed by atoms with Crippen molar-refractivity contribution < 1.29 is 4.79 Å². The molecule has 0 aliphatic rings. The van der Waals surface area contributed by atoms with E-state index in [-0.39, 0.29) is 12.3 Å². The number of primary amides is 1. The van der Waals surface area contributed by atoms with Crippen LogP contribution in [-0.4, -0.2) is 17.8 Å². The van der Waals surface area contributed by atoms with Crippen molar-refractivity contribution in [2.24, 2.45) is 10.9 Å². The largest absolute Gasteiger partial charge is 0.370 e. The lowest BCUT2D eigenvalue weighted by Crippen LogP contribution is -2.19. The molecule has 0 aromatic carbocycles. The maximum Gasteiger partial charge on any atom is 0.219 e. The van der Waals surface area contributed by atoms with E-state index >= 15 is 0 Å². The average molecular weight is 151 g/mol. The Labute approximate surface area is 57.3 Å². The molecule has 0 bridgehead atoms. The molecule has 9 heavy (non-hydrogen) atoms. The Balaban J connectivity index is 3.55. The van der Waals surface area contributed by atoms with Crippen LogP contribution in [0.3, 0.4) is 0 Å². The van der Waals surface area contributed by atoms with E-state index in [1.54, 1.807) is 0 Å². The molecule has 4 nitrogen and oxygen atoms in total. The van der Waals surface area contributed by atoms with Gasteiger partial charge in [-0.25, -0.2) is 0 Å². The fourth-order valence-electron chi connectivity index (χ4n) is 0.352. The number of nitroso groups, excluding NO2 is 1. The number of amides is 1. The lowest BCUT2D eigenvalue weighted by Gasteiger charge is -1.97. The zero-order valence-corrected chi connectivity index (χ0v) is 5.47. The summed E-state index contributed by atoms with van der Waals surface area (Å²) in [6, 6.07) is -0.663. The monoisotopic (exact) mass is 150 g/mol. The molecule has 0 saturated heterocycles. The third-order valence-corrected chi connectivity index (χ3v) is 1.12. The van der Waals surface area contributed by atoms with E-state index < -0.39 is 11.9 Å². The van der Waals surface area contributed by atoms with Crippen molar-refractivity contribution in [2.75, 3.05) is 5.88 Å². The first kappa shape index (κ1) is 8.36. The standard InChI is InChI=1S/C4H7ClN2O2/c5-2-3(7-9)1-4(6)8/h3H,1-2H2,(H2,6,8). The smallest absolute Gasteiger partial charge is 0.219 e. The summed E-state index contributed by atoms with van der Waals surface area (Å²) in [5, 5.41) is 2.56. The van der Waals surface area contributed by atoms with Crippen LogP contribution in [0.2, 0.25) is 0 Å². The highest BCUT2D eigenvalue weighted by Gasteiger charge is 2.09. The number of carbonyl (C=O) groups excluding carboxylic acids is 1. The van der Waals surface area contributed by atoms with Crippen LogP contribution in [0.5, 0.6) is 0 Å². The number of hydrogen-bond donors (Lipinski definition) is 1. The minimum atomic E-state index is -0.663. The molecular weight excluding hydrogens is 144 g/mol. The van der Waals surface area contributed by atoms with Crippen molar-refractivity contribution in [2.45, 2.75) is 12.5 Å². The molecule has 0 rings (SSSR count). The Hall–Kier alpha value is -0.640. The molecule has 1 unspecified atom stereocenters. The fraction of sp³-hybridized carbons (Fsp3) is 0.750. The number of nitrogens with two attached hydrogens (primary N) is 1. The predicted octanol–water partition coefficient (Wildman–Crippen LogP) is 0.236. The van der Waals surface area contributed by atoms with Gasteiger partial charge < -0.3 is 5.73 Å². The lowest BCUT2D eigenvalue weighted by molar-refractivity contribution is -0.118. The van der Waals surface area contributed by atoms with Crippen molar-refractivity contribution in [1.29, 1.82) is 0 Å². The van der Waals surface area contributed by atoms with E-state index in [4.69, 9.17) is 17.3 Å². The summed E-state index contributed by atoms with van der Waals surface area (Å²) in [5.74, 6) is -0.507. The van der Waals surface area contributed by atoms with Gasteiger partial charge in [0.25, 0.3) is 0 Å². The highest BCUT2D eigenvalue weighted by atomic mass is 35.5. The van der Waals surface area contributed by atoms with E-state index in [2.05, 4.69) is 5.18 Å². The van der Waals surface area contributed by atoms with Gasteiger partial charge in [0.1, 0.15) is 6.04 Å². The Bertz CT molecular complexity index is 117. The Morgan fingerprint density at radius 3 is 2.44 bits per heavy atom. The first-order chi connectivity index (χ1) is 4.20. The van der Waals surface area contributed by atoms with Crippen LogP contribution >= 0.6 is 11.6 Å². The Morgan fingerprint density at radius 1 is 1.78 bits per heavy atom. The molecular formula is C4H7ClN2O2. The zero-order valence-electron chi connectivity index (χ0n) is 4.71. The van der Waals surface area contributed by atoms with Crippen LogP contribution in [0, 0.1) is 4.91 Å². The number of halogens is 1. The summed E-state index contributed by atoms with van der Waals surface area (Å²) >= 11 is 5.21. The maximum absolute atomic E-state index is 10.1. The molecule has 0 aliphatic heterocycles. The van der Waals surface area contributed by atoms with E-state index in [1.165, 1.54) is 0 Å². The summed E-state index contributed by atoms with van der Waals surface area (Å²) < 4.78 is 0. The molecule has 1 amide bonds. The summed E-state index contributed by atoms with van der Waals surface area (Å²) in [5.41, 5.74) is 4.75. The zero-order chi connectivity index (χ0) is 7.28. The third-order valence-electron chi connectivity index (χ3n) is 0.764. The molecule has 0 heterocycles. The van der Waals surface area contributed by atoms with E-state index in [9.17, 15) is 9.70 Å². The van der Waals surface area contributed by atoms with Gasteiger partial charge in [-0.2, -0.15) is 4.91 Å². The van der Waals surface area contributed by atoms with Crippen LogP contribution in [0.4, 0.5) is 0 Å². The number of carbonyl (C=O) groups is 1. The van der Waals surface area contributed by atoms with Crippen LogP contribution in [0.1, 0.15) is 6.42 Å². The predicted molar refractivity (Wildman–Crippen MR) is 34.1 cm³/mol. The number of rotatable bonds is 4. The molecule has 2 N–H and O–H groups in total. The van der Waals surface area contributed by atoms with Crippen LogP contribution in [-0.2, 0) is 4.79 Å². The van der Waals surface area contributed by atoms with Gasteiger partial charge in [0.2, 0.25) is 5.91 Å². The average Bonchev–Trinajstić information content (AvgIpc) is 1.82. The van der Waals surface area contributed by atoms with Crippen LogP contribution < -0.4 is 5.73 Å². The Morgan fingerprint density at radius 2 is 2.33 bits per heavy atom. The van der Waals surface area contributed by atoms with E-state index in [0.717, 1.165) is 0 Å². The molecule has 0 fully saturated rings. The molecule has 0 aromatic rings. The van der Waals surface area contributed by atoms with Crippen molar-refractivity contribution in [3.05, 3.63) is 4.91 Å². The van der Waals surface area contributed by atoms with Gasteiger partial charge in [0.05, 0.1) is 6.42 Å². The van der Waals surface area contributed by atoms with Crippen LogP contribution in [0.15, 0.2) is 5.18 Å². The molecule has 1 atom stereocenters. The molecule has 0 radical (unpaired) electrons. The second-order valence-corrected chi connectivity index (χ2v) is 1.89. The first-order valence-electron chi connectivity index (χ1n) is 2.37. The number of nitrogens with zero attached hydrogens (tertiary/aromatic N) is 1. The minimum Gasteiger partial charge on any atom is -0.370 e. The van der Waals surface area contributed by atoms with Gasteiger partial charge in [-0.05, 0) is 0 Å². The fourth-order valence-corrected chi connectivity index (χ4v) is 0.518. The van der Waals surface area contributed by atoms with Gasteiger partial charge in [0.15, 0.2) is 0 Å². The summed E-state index contributed by atoms with van der Waals surface area (Å²) in [6.45, 7) is 0. The van der Waals surface area contributed by atoms with Crippen molar-refractivity contribution in [3.63, 3.8) is 0 Å². The highest BCUT2D eigenvalue weighted by molar-refractivity contribution is 6.18. The van der Waals surface area contributed by atoms with Gasteiger partial charge in [-0.3, -0.25) is 4.79 Å². The molecule has 0 spiro atoms. The van der Waals surface area contributed by atoms with Crippen LogP contribution in [0.25, 0.3) is 0 Å². The lowest BCUT2D eigenvalue weighted by atomic mass is 10.2. The minimum absolute atomic E-state index is 0.0481. The Kier molecular flexibility index (Phi) is 3.96. The van der Waals surface area contributed by atoms with Crippen molar-refractivity contribution >= 4 is 17.5 Å². The van der Waals surface area contributed by atoms with Crippen molar-refractivity contribution in [1.82, 2.24) is 0 Å². The van der Waals surface area contributed by atoms with Crippen molar-refractivity contribution in [3.8, 4) is 0 Å². The summed E-state index contributed by atoms with van der Waals surface area (Å²) in [6.07, 6.45) is -0.0625. The molecule has 0 aromatic heterocycles. The highest BCUT2D eigenvalue weighted by Crippen LogP contribution is 1.98. The molecule has 0 aliphatic carbocycles. The topological polar surface area (TPSA) is 72.5 Å². The second kappa shape index (κ2) is 4.26. The SMILES string of the molecule is NC(=O)CC(CCl)N=O. The maximum atomic E-state index is 10.1. The van der Waals surface area contributed by atoms with Gasteiger partial charge >= 0.3 is 0 Å². The second-order valence-electron chi connectivity index (χ2n) is 1.58. The quantitative estimate of drug-likeness (QED) is 0.461. The third kappa shape index (κ3) is 3.90. The molecule has 5 heteroatoms. The van der Waals surface area contributed by atoms with Gasteiger partial charge in [0, 0.05) is 5.88 Å².